The number of fused-ring (bicyclic) bond motifs is 2. The molecule has 5 rings (SSSR count). The maximum Gasteiger partial charge on any atom is 0.264 e. The van der Waals surface area contributed by atoms with Gasteiger partial charge in [0.25, 0.3) is 11.8 Å². The number of anilines is 2. The predicted octanol–water partition coefficient (Wildman–Crippen LogP) is 3.62. The SMILES string of the molecule is COc1ccc([Si](C)(C)[C@@H]2[C@@H](CC(=O)N(CCO)Cc3ccccc3)O[C@]3(C(=O)N(C)c4ccc(NC(=O)[C@H](C)O)cc43)[C@H]2C)cc1. The van der Waals surface area contributed by atoms with E-state index in [9.17, 15) is 24.6 Å². The highest BCUT2D eigenvalue weighted by molar-refractivity contribution is 6.91. The van der Waals surface area contributed by atoms with Crippen molar-refractivity contribution in [2.75, 3.05) is 37.5 Å². The smallest absolute Gasteiger partial charge is 0.264 e. The highest BCUT2D eigenvalue weighted by atomic mass is 28.3. The molecule has 1 fully saturated rings. The Balaban J connectivity index is 1.58. The second-order valence-corrected chi connectivity index (χ2v) is 17.8. The molecule has 2 aliphatic heterocycles. The molecule has 1 saturated heterocycles. The largest absolute Gasteiger partial charge is 0.497 e. The predicted molar refractivity (Wildman–Crippen MR) is 183 cm³/mol. The minimum absolute atomic E-state index is 0.0287. The number of amides is 3. The minimum atomic E-state index is -2.50. The van der Waals surface area contributed by atoms with Crippen molar-refractivity contribution < 1.29 is 34.1 Å². The van der Waals surface area contributed by atoms with Gasteiger partial charge in [0.15, 0.2) is 5.60 Å². The van der Waals surface area contributed by atoms with Crippen LogP contribution in [0.15, 0.2) is 72.8 Å². The van der Waals surface area contributed by atoms with Gasteiger partial charge in [-0.2, -0.15) is 0 Å². The normalized spacial score (nSPS) is 22.7. The first kappa shape index (κ1) is 34.3. The molecule has 3 aromatic rings. The number of aliphatic hydroxyl groups excluding tert-OH is 2. The number of rotatable bonds is 11. The number of carbonyl (C=O) groups excluding carboxylic acids is 3. The zero-order chi connectivity index (χ0) is 34.1. The van der Waals surface area contributed by atoms with Gasteiger partial charge in [0.2, 0.25) is 5.91 Å². The number of methoxy groups -OCH3 is 1. The highest BCUT2D eigenvalue weighted by Crippen LogP contribution is 2.60. The van der Waals surface area contributed by atoms with Gasteiger partial charge in [0.05, 0.1) is 40.0 Å². The molecular formula is C36H45N3O7Si. The van der Waals surface area contributed by atoms with E-state index in [0.717, 1.165) is 16.5 Å². The minimum Gasteiger partial charge on any atom is -0.497 e. The van der Waals surface area contributed by atoms with E-state index in [1.165, 1.54) is 6.92 Å². The number of hydrogen-bond donors (Lipinski definition) is 3. The Morgan fingerprint density at radius 2 is 1.79 bits per heavy atom. The van der Waals surface area contributed by atoms with Gasteiger partial charge in [0, 0.05) is 37.3 Å². The first-order valence-electron chi connectivity index (χ1n) is 16.0. The number of hydrogen-bond acceptors (Lipinski definition) is 7. The van der Waals surface area contributed by atoms with Crippen LogP contribution in [0, 0.1) is 5.92 Å². The van der Waals surface area contributed by atoms with Crippen molar-refractivity contribution in [1.82, 2.24) is 4.90 Å². The summed E-state index contributed by atoms with van der Waals surface area (Å²) < 4.78 is 12.4. The summed E-state index contributed by atoms with van der Waals surface area (Å²) >= 11 is 0. The Morgan fingerprint density at radius 1 is 1.11 bits per heavy atom. The Kier molecular flexibility index (Phi) is 9.93. The molecule has 0 saturated carbocycles. The molecule has 3 amide bonds. The molecule has 1 spiro atoms. The summed E-state index contributed by atoms with van der Waals surface area (Å²) in [4.78, 5) is 44.1. The summed E-state index contributed by atoms with van der Waals surface area (Å²) in [7, 11) is 0.839. The molecule has 0 unspecified atom stereocenters. The number of nitrogens with zero attached hydrogens (tertiary/aromatic N) is 2. The molecule has 3 aromatic carbocycles. The third-order valence-electron chi connectivity index (χ3n) is 9.93. The van der Waals surface area contributed by atoms with E-state index in [1.54, 1.807) is 42.2 Å². The number of carbonyl (C=O) groups is 3. The van der Waals surface area contributed by atoms with E-state index >= 15 is 0 Å². The van der Waals surface area contributed by atoms with Crippen LogP contribution in [0.2, 0.25) is 18.6 Å². The molecular weight excluding hydrogens is 614 g/mol. The van der Waals surface area contributed by atoms with Crippen molar-refractivity contribution in [3.05, 3.63) is 83.9 Å². The van der Waals surface area contributed by atoms with E-state index in [-0.39, 0.29) is 42.8 Å². The monoisotopic (exact) mass is 659 g/mol. The lowest BCUT2D eigenvalue weighted by molar-refractivity contribution is -0.149. The average Bonchev–Trinajstić information content (AvgIpc) is 3.46. The zero-order valence-corrected chi connectivity index (χ0v) is 28.9. The van der Waals surface area contributed by atoms with Gasteiger partial charge in [-0.05, 0) is 48.4 Å². The van der Waals surface area contributed by atoms with Crippen LogP contribution >= 0.6 is 0 Å². The van der Waals surface area contributed by atoms with E-state index in [1.807, 2.05) is 49.4 Å². The summed E-state index contributed by atoms with van der Waals surface area (Å²) in [5.41, 5.74) is 1.10. The van der Waals surface area contributed by atoms with Gasteiger partial charge in [-0.3, -0.25) is 14.4 Å². The molecule has 0 aliphatic carbocycles. The molecule has 250 valence electrons. The lowest BCUT2D eigenvalue weighted by Crippen LogP contribution is -2.52. The van der Waals surface area contributed by atoms with Gasteiger partial charge < -0.3 is 34.8 Å². The maximum atomic E-state index is 14.4. The number of nitrogens with one attached hydrogen (secondary N) is 1. The lowest BCUT2D eigenvalue weighted by Gasteiger charge is -2.37. The third-order valence-corrected chi connectivity index (χ3v) is 14.3. The van der Waals surface area contributed by atoms with Crippen molar-refractivity contribution in [2.45, 2.75) is 63.3 Å². The number of aliphatic hydroxyl groups is 2. The Hall–Kier alpha value is -4.03. The summed E-state index contributed by atoms with van der Waals surface area (Å²) in [6, 6.07) is 22.9. The Bertz CT molecular complexity index is 1610. The van der Waals surface area contributed by atoms with Crippen LogP contribution in [-0.4, -0.2) is 80.4 Å². The Morgan fingerprint density at radius 3 is 2.40 bits per heavy atom. The van der Waals surface area contributed by atoms with Crippen molar-refractivity contribution in [2.24, 2.45) is 5.92 Å². The van der Waals surface area contributed by atoms with Gasteiger partial charge in [-0.15, -0.1) is 0 Å². The molecule has 0 radical (unpaired) electrons. The number of benzene rings is 3. The van der Waals surface area contributed by atoms with Crippen LogP contribution in [0.1, 0.15) is 31.4 Å². The molecule has 2 aliphatic rings. The van der Waals surface area contributed by atoms with Crippen molar-refractivity contribution >= 4 is 42.4 Å². The van der Waals surface area contributed by atoms with E-state index < -0.39 is 31.8 Å². The van der Waals surface area contributed by atoms with E-state index in [0.29, 0.717) is 23.5 Å². The summed E-state index contributed by atoms with van der Waals surface area (Å²) in [5, 5.41) is 23.6. The van der Waals surface area contributed by atoms with E-state index in [4.69, 9.17) is 9.47 Å². The van der Waals surface area contributed by atoms with Gasteiger partial charge in [-0.25, -0.2) is 0 Å². The van der Waals surface area contributed by atoms with Crippen LogP contribution in [0.5, 0.6) is 5.75 Å². The topological polar surface area (TPSA) is 129 Å². The standard InChI is InChI=1S/C36H45N3O7Si/c1-23-33(47(5,6)28-15-13-27(45-4)14-16-28)31(21-32(42)39(18-19-40)22-25-10-8-7-9-11-25)46-36(23)29-20-26(37-34(43)24(2)41)12-17-30(29)38(3)35(36)44/h7-17,20,23-24,31,33,40-41H,18-19,21-22H2,1-6H3,(H,37,43)/t23-,24-,31+,33-,36+/m0/s1. The fraction of sp³-hybridized carbons (Fsp3) is 0.417. The molecule has 0 bridgehead atoms. The summed E-state index contributed by atoms with van der Waals surface area (Å²) in [6.45, 7) is 8.24. The third kappa shape index (κ3) is 6.32. The molecule has 11 heteroatoms. The molecule has 5 atom stereocenters. The molecule has 2 heterocycles. The Labute approximate surface area is 277 Å². The van der Waals surface area contributed by atoms with Crippen LogP contribution in [0.3, 0.4) is 0 Å². The van der Waals surface area contributed by atoms with Crippen LogP contribution < -0.4 is 20.1 Å². The van der Waals surface area contributed by atoms with Gasteiger partial charge >= 0.3 is 0 Å². The average molecular weight is 660 g/mol. The molecule has 10 nitrogen and oxygen atoms in total. The first-order chi connectivity index (χ1) is 22.3. The van der Waals surface area contributed by atoms with Crippen molar-refractivity contribution in [3.8, 4) is 5.75 Å². The lowest BCUT2D eigenvalue weighted by atomic mass is 9.82. The second kappa shape index (κ2) is 13.6. The maximum absolute atomic E-state index is 14.4. The van der Waals surface area contributed by atoms with Crippen LogP contribution in [0.4, 0.5) is 11.4 Å². The summed E-state index contributed by atoms with van der Waals surface area (Å²) in [6.07, 6.45) is -1.80. The second-order valence-electron chi connectivity index (χ2n) is 13.1. The number of ether oxygens (including phenoxy) is 2. The molecule has 3 N–H and O–H groups in total. The van der Waals surface area contributed by atoms with E-state index in [2.05, 4.69) is 30.5 Å². The van der Waals surface area contributed by atoms with Gasteiger partial charge in [0.1, 0.15) is 11.9 Å². The highest BCUT2D eigenvalue weighted by Gasteiger charge is 2.66. The van der Waals surface area contributed by atoms with Gasteiger partial charge in [-0.1, -0.05) is 67.7 Å². The molecule has 0 aromatic heterocycles. The fourth-order valence-corrected chi connectivity index (χ4v) is 11.5. The first-order valence-corrected chi connectivity index (χ1v) is 19.1. The summed E-state index contributed by atoms with van der Waals surface area (Å²) in [5.74, 6) is -0.558. The van der Waals surface area contributed by atoms with Crippen LogP contribution in [-0.2, 0) is 31.3 Å². The van der Waals surface area contributed by atoms with Crippen molar-refractivity contribution in [3.63, 3.8) is 0 Å². The quantitative estimate of drug-likeness (QED) is 0.268. The van der Waals surface area contributed by atoms with Crippen LogP contribution in [0.25, 0.3) is 0 Å². The van der Waals surface area contributed by atoms with Crippen molar-refractivity contribution in [1.29, 1.82) is 0 Å². The molecule has 47 heavy (non-hydrogen) atoms. The number of likely N-dealkylation sites (N-methyl/N-ethyl adjacent to an activating group) is 1. The zero-order valence-electron chi connectivity index (χ0n) is 27.9. The fourth-order valence-electron chi connectivity index (χ4n) is 7.46.